The standard InChI is InChI=1S/C18H33N5O3/c1-3-4-11-24-14-15-25-13-6-20-18(19-2)23-9-7-22(8-10-23)16-17-5-12-26-21-17/h5,12H,3-4,6-11,13-16H2,1-2H3,(H,19,20). The average Bonchev–Trinajstić information content (AvgIpc) is 3.17. The Kier molecular flexibility index (Phi) is 10.1. The lowest BCUT2D eigenvalue weighted by atomic mass is 10.3. The maximum absolute atomic E-state index is 5.59. The van der Waals surface area contributed by atoms with Gasteiger partial charge in [0, 0.05) is 59.0 Å². The number of hydrogen-bond donors (Lipinski definition) is 1. The van der Waals surface area contributed by atoms with Crippen LogP contribution in [0.3, 0.4) is 0 Å². The van der Waals surface area contributed by atoms with E-state index in [0.717, 1.165) is 63.9 Å². The molecule has 0 unspecified atom stereocenters. The molecule has 2 heterocycles. The Hall–Kier alpha value is -1.64. The summed E-state index contributed by atoms with van der Waals surface area (Å²) in [6.07, 6.45) is 3.90. The zero-order chi connectivity index (χ0) is 18.5. The maximum atomic E-state index is 5.59. The van der Waals surface area contributed by atoms with E-state index in [1.165, 1.54) is 6.42 Å². The smallest absolute Gasteiger partial charge is 0.193 e. The largest absolute Gasteiger partial charge is 0.379 e. The number of nitrogens with zero attached hydrogens (tertiary/aromatic N) is 4. The van der Waals surface area contributed by atoms with Gasteiger partial charge in [0.25, 0.3) is 0 Å². The van der Waals surface area contributed by atoms with Crippen LogP contribution in [0.15, 0.2) is 21.8 Å². The number of piperazine rings is 1. The molecule has 8 heteroatoms. The Labute approximate surface area is 156 Å². The van der Waals surface area contributed by atoms with E-state index in [1.807, 2.05) is 13.1 Å². The Morgan fingerprint density at radius 3 is 2.62 bits per heavy atom. The first-order chi connectivity index (χ1) is 12.8. The normalized spacial score (nSPS) is 16.2. The molecular formula is C18H33N5O3. The van der Waals surface area contributed by atoms with Crippen LogP contribution in [0.5, 0.6) is 0 Å². The fourth-order valence-electron chi connectivity index (χ4n) is 2.80. The van der Waals surface area contributed by atoms with E-state index in [0.29, 0.717) is 19.8 Å². The van der Waals surface area contributed by atoms with Crippen molar-refractivity contribution in [2.24, 2.45) is 4.99 Å². The maximum Gasteiger partial charge on any atom is 0.193 e. The Morgan fingerprint density at radius 1 is 1.19 bits per heavy atom. The van der Waals surface area contributed by atoms with Crippen molar-refractivity contribution < 1.29 is 14.0 Å². The van der Waals surface area contributed by atoms with Gasteiger partial charge in [-0.05, 0) is 6.42 Å². The van der Waals surface area contributed by atoms with Gasteiger partial charge in [-0.2, -0.15) is 0 Å². The molecule has 0 spiro atoms. The molecule has 0 amide bonds. The molecule has 148 valence electrons. The van der Waals surface area contributed by atoms with Gasteiger partial charge in [-0.3, -0.25) is 9.89 Å². The SMILES string of the molecule is CCCCOCCOCCNC(=NC)N1CCN(Cc2ccon2)CC1. The van der Waals surface area contributed by atoms with Crippen molar-refractivity contribution in [1.29, 1.82) is 0 Å². The first-order valence-electron chi connectivity index (χ1n) is 9.56. The van der Waals surface area contributed by atoms with E-state index in [-0.39, 0.29) is 0 Å². The van der Waals surface area contributed by atoms with Gasteiger partial charge in [-0.15, -0.1) is 0 Å². The fourth-order valence-corrected chi connectivity index (χ4v) is 2.80. The van der Waals surface area contributed by atoms with Gasteiger partial charge in [0.15, 0.2) is 5.96 Å². The first kappa shape index (κ1) is 20.7. The Bertz CT molecular complexity index is 487. The second kappa shape index (κ2) is 12.7. The highest BCUT2D eigenvalue weighted by atomic mass is 16.5. The van der Waals surface area contributed by atoms with Crippen molar-refractivity contribution in [3.63, 3.8) is 0 Å². The minimum absolute atomic E-state index is 0.644. The monoisotopic (exact) mass is 367 g/mol. The molecule has 1 aromatic rings. The predicted molar refractivity (Wildman–Crippen MR) is 101 cm³/mol. The molecule has 1 aliphatic rings. The van der Waals surface area contributed by atoms with Crippen LogP contribution in [0.4, 0.5) is 0 Å². The summed E-state index contributed by atoms with van der Waals surface area (Å²) in [6, 6.07) is 1.92. The van der Waals surface area contributed by atoms with Crippen LogP contribution in [0, 0.1) is 0 Å². The molecule has 26 heavy (non-hydrogen) atoms. The molecule has 1 saturated heterocycles. The minimum Gasteiger partial charge on any atom is -0.379 e. The number of rotatable bonds is 11. The topological polar surface area (TPSA) is 75.4 Å². The molecule has 8 nitrogen and oxygen atoms in total. The van der Waals surface area contributed by atoms with Gasteiger partial charge in [-0.1, -0.05) is 18.5 Å². The molecule has 0 aliphatic carbocycles. The third-order valence-electron chi connectivity index (χ3n) is 4.30. The molecule has 2 rings (SSSR count). The molecule has 1 aliphatic heterocycles. The van der Waals surface area contributed by atoms with E-state index in [9.17, 15) is 0 Å². The van der Waals surface area contributed by atoms with Crippen LogP contribution in [0.1, 0.15) is 25.5 Å². The highest BCUT2D eigenvalue weighted by Crippen LogP contribution is 2.07. The molecule has 0 aromatic carbocycles. The van der Waals surface area contributed by atoms with Gasteiger partial charge < -0.3 is 24.2 Å². The molecule has 0 bridgehead atoms. The van der Waals surface area contributed by atoms with Crippen molar-refractivity contribution >= 4 is 5.96 Å². The summed E-state index contributed by atoms with van der Waals surface area (Å²) in [6.45, 7) is 10.4. The lowest BCUT2D eigenvalue weighted by Gasteiger charge is -2.36. The quantitative estimate of drug-likeness (QED) is 0.358. The Balaban J connectivity index is 1.53. The molecular weight excluding hydrogens is 334 g/mol. The lowest BCUT2D eigenvalue weighted by Crippen LogP contribution is -2.52. The van der Waals surface area contributed by atoms with Crippen LogP contribution >= 0.6 is 0 Å². The Morgan fingerprint density at radius 2 is 1.96 bits per heavy atom. The van der Waals surface area contributed by atoms with Gasteiger partial charge >= 0.3 is 0 Å². The van der Waals surface area contributed by atoms with Crippen LogP contribution in [0.2, 0.25) is 0 Å². The summed E-state index contributed by atoms with van der Waals surface area (Å²) in [5.74, 6) is 0.939. The van der Waals surface area contributed by atoms with E-state index >= 15 is 0 Å². The zero-order valence-electron chi connectivity index (χ0n) is 16.2. The van der Waals surface area contributed by atoms with Crippen molar-refractivity contribution in [2.45, 2.75) is 26.3 Å². The van der Waals surface area contributed by atoms with Gasteiger partial charge in [-0.25, -0.2) is 0 Å². The van der Waals surface area contributed by atoms with Crippen molar-refractivity contribution in [2.75, 3.05) is 66.2 Å². The van der Waals surface area contributed by atoms with Gasteiger partial charge in [0.2, 0.25) is 0 Å². The molecule has 1 fully saturated rings. The third kappa shape index (κ3) is 7.72. The second-order valence-corrected chi connectivity index (χ2v) is 6.31. The zero-order valence-corrected chi connectivity index (χ0v) is 16.2. The second-order valence-electron chi connectivity index (χ2n) is 6.31. The molecule has 0 saturated carbocycles. The highest BCUT2D eigenvalue weighted by Gasteiger charge is 2.20. The number of aliphatic imine (C=N–C) groups is 1. The number of hydrogen-bond acceptors (Lipinski definition) is 6. The van der Waals surface area contributed by atoms with Crippen molar-refractivity contribution in [1.82, 2.24) is 20.3 Å². The summed E-state index contributed by atoms with van der Waals surface area (Å²) in [5.41, 5.74) is 0.983. The first-order valence-corrected chi connectivity index (χ1v) is 9.56. The molecule has 0 radical (unpaired) electrons. The fraction of sp³-hybridized carbons (Fsp3) is 0.778. The summed E-state index contributed by atoms with van der Waals surface area (Å²) in [4.78, 5) is 9.05. The minimum atomic E-state index is 0.644. The number of guanidine groups is 1. The predicted octanol–water partition coefficient (Wildman–Crippen LogP) is 1.20. The van der Waals surface area contributed by atoms with Crippen LogP contribution < -0.4 is 5.32 Å². The third-order valence-corrected chi connectivity index (χ3v) is 4.30. The van der Waals surface area contributed by atoms with Crippen molar-refractivity contribution in [3.8, 4) is 0 Å². The molecule has 1 N–H and O–H groups in total. The average molecular weight is 367 g/mol. The van der Waals surface area contributed by atoms with Gasteiger partial charge in [0.1, 0.15) is 6.26 Å². The molecule has 0 atom stereocenters. The van der Waals surface area contributed by atoms with Crippen LogP contribution in [-0.2, 0) is 16.0 Å². The number of aromatic nitrogens is 1. The summed E-state index contributed by atoms with van der Waals surface area (Å²) < 4.78 is 16.0. The van der Waals surface area contributed by atoms with E-state index in [2.05, 4.69) is 32.2 Å². The van der Waals surface area contributed by atoms with Gasteiger partial charge in [0.05, 0.1) is 25.5 Å². The summed E-state index contributed by atoms with van der Waals surface area (Å²) in [7, 11) is 1.83. The number of unbranched alkanes of at least 4 members (excludes halogenated alkanes) is 1. The van der Waals surface area contributed by atoms with E-state index < -0.39 is 0 Å². The van der Waals surface area contributed by atoms with Crippen LogP contribution in [-0.4, -0.2) is 87.1 Å². The summed E-state index contributed by atoms with van der Waals surface area (Å²) in [5, 5.41) is 7.35. The highest BCUT2D eigenvalue weighted by molar-refractivity contribution is 5.79. The van der Waals surface area contributed by atoms with E-state index in [4.69, 9.17) is 14.0 Å². The number of ether oxygens (including phenoxy) is 2. The lowest BCUT2D eigenvalue weighted by molar-refractivity contribution is 0.0485. The van der Waals surface area contributed by atoms with E-state index in [1.54, 1.807) is 6.26 Å². The van der Waals surface area contributed by atoms with Crippen LogP contribution in [0.25, 0.3) is 0 Å². The number of nitrogens with one attached hydrogen (secondary N) is 1. The van der Waals surface area contributed by atoms with Crippen molar-refractivity contribution in [3.05, 3.63) is 18.0 Å². The molecule has 1 aromatic heterocycles. The summed E-state index contributed by atoms with van der Waals surface area (Å²) >= 11 is 0.